The van der Waals surface area contributed by atoms with E-state index in [1.54, 1.807) is 54.6 Å². The predicted octanol–water partition coefficient (Wildman–Crippen LogP) is 4.78. The number of rotatable bonds is 8. The maximum Gasteiger partial charge on any atom is 0.280 e. The van der Waals surface area contributed by atoms with Gasteiger partial charge in [-0.15, -0.1) is 0 Å². The van der Waals surface area contributed by atoms with Crippen molar-refractivity contribution < 1.29 is 24.0 Å². The van der Waals surface area contributed by atoms with E-state index in [1.165, 1.54) is 32.4 Å². The average molecular weight is 526 g/mol. The molecule has 0 saturated carbocycles. The SMILES string of the molecule is COc1cc(C=C(NC(=O)c2ccccc2)C(=O)Nc2cccc(Br)c2)c([N+](=O)[O-])cc1OC. The molecule has 0 heterocycles. The quantitative estimate of drug-likeness (QED) is 0.248. The number of hydrogen-bond acceptors (Lipinski definition) is 6. The summed E-state index contributed by atoms with van der Waals surface area (Å²) in [7, 11) is 2.74. The first-order valence-electron chi connectivity index (χ1n) is 9.87. The lowest BCUT2D eigenvalue weighted by Gasteiger charge is -2.13. The monoisotopic (exact) mass is 525 g/mol. The van der Waals surface area contributed by atoms with Gasteiger partial charge in [0.2, 0.25) is 0 Å². The molecule has 0 radical (unpaired) electrons. The molecule has 3 aromatic rings. The molecule has 174 valence electrons. The van der Waals surface area contributed by atoms with Crippen molar-refractivity contribution >= 4 is 45.2 Å². The number of methoxy groups -OCH3 is 2. The van der Waals surface area contributed by atoms with Crippen LogP contribution in [0.25, 0.3) is 6.08 Å². The lowest BCUT2D eigenvalue weighted by molar-refractivity contribution is -0.385. The smallest absolute Gasteiger partial charge is 0.280 e. The van der Waals surface area contributed by atoms with Crippen LogP contribution in [0.5, 0.6) is 11.5 Å². The lowest BCUT2D eigenvalue weighted by Crippen LogP contribution is -2.30. The van der Waals surface area contributed by atoms with E-state index in [1.807, 2.05) is 0 Å². The van der Waals surface area contributed by atoms with Crippen molar-refractivity contribution in [2.75, 3.05) is 19.5 Å². The minimum atomic E-state index is -0.675. The molecule has 0 saturated heterocycles. The molecular weight excluding hydrogens is 506 g/mol. The fourth-order valence-corrected chi connectivity index (χ4v) is 3.42. The number of hydrogen-bond donors (Lipinski definition) is 2. The third-order valence-corrected chi connectivity index (χ3v) is 5.13. The van der Waals surface area contributed by atoms with Gasteiger partial charge in [-0.2, -0.15) is 0 Å². The van der Waals surface area contributed by atoms with Gasteiger partial charge in [0.25, 0.3) is 17.5 Å². The molecule has 34 heavy (non-hydrogen) atoms. The van der Waals surface area contributed by atoms with Crippen LogP contribution in [0, 0.1) is 10.1 Å². The highest BCUT2D eigenvalue weighted by Gasteiger charge is 2.22. The Kier molecular flexibility index (Phi) is 7.99. The van der Waals surface area contributed by atoms with Crippen molar-refractivity contribution in [1.82, 2.24) is 5.32 Å². The summed E-state index contributed by atoms with van der Waals surface area (Å²) in [6.45, 7) is 0. The van der Waals surface area contributed by atoms with Gasteiger partial charge in [-0.3, -0.25) is 19.7 Å². The van der Waals surface area contributed by atoms with Crippen molar-refractivity contribution in [1.29, 1.82) is 0 Å². The lowest BCUT2D eigenvalue weighted by atomic mass is 10.1. The van der Waals surface area contributed by atoms with Gasteiger partial charge < -0.3 is 20.1 Å². The second kappa shape index (κ2) is 11.1. The minimum Gasteiger partial charge on any atom is -0.493 e. The van der Waals surface area contributed by atoms with Gasteiger partial charge >= 0.3 is 0 Å². The van der Waals surface area contributed by atoms with Crippen molar-refractivity contribution in [2.45, 2.75) is 0 Å². The van der Waals surface area contributed by atoms with Crippen molar-refractivity contribution in [3.8, 4) is 11.5 Å². The van der Waals surface area contributed by atoms with Crippen LogP contribution in [0.2, 0.25) is 0 Å². The summed E-state index contributed by atoms with van der Waals surface area (Å²) in [5, 5.41) is 16.9. The number of carbonyl (C=O) groups is 2. The zero-order chi connectivity index (χ0) is 24.7. The number of anilines is 1. The van der Waals surface area contributed by atoms with Gasteiger partial charge in [0.15, 0.2) is 11.5 Å². The molecule has 0 fully saturated rings. The number of benzene rings is 3. The Morgan fingerprint density at radius 1 is 0.971 bits per heavy atom. The number of nitro benzene ring substituents is 1. The average Bonchev–Trinajstić information content (AvgIpc) is 2.83. The van der Waals surface area contributed by atoms with E-state index in [-0.39, 0.29) is 28.4 Å². The van der Waals surface area contributed by atoms with E-state index in [0.717, 1.165) is 4.47 Å². The van der Waals surface area contributed by atoms with E-state index in [9.17, 15) is 19.7 Å². The molecule has 2 amide bonds. The number of carbonyl (C=O) groups excluding carboxylic acids is 2. The second-order valence-electron chi connectivity index (χ2n) is 6.87. The van der Waals surface area contributed by atoms with Crippen LogP contribution in [0.15, 0.2) is 76.9 Å². The topological polar surface area (TPSA) is 120 Å². The Bertz CT molecular complexity index is 1260. The van der Waals surface area contributed by atoms with Gasteiger partial charge in [-0.05, 0) is 42.5 Å². The molecule has 0 aliphatic rings. The number of amides is 2. The van der Waals surface area contributed by atoms with Gasteiger partial charge in [0.05, 0.1) is 30.8 Å². The minimum absolute atomic E-state index is 0.0374. The van der Waals surface area contributed by atoms with Crippen molar-refractivity contribution in [2.24, 2.45) is 0 Å². The van der Waals surface area contributed by atoms with Crippen LogP contribution >= 0.6 is 15.9 Å². The fraction of sp³-hybridized carbons (Fsp3) is 0.0833. The molecular formula is C24H20BrN3O6. The molecule has 0 spiro atoms. The molecule has 3 aromatic carbocycles. The molecule has 0 aliphatic carbocycles. The number of halogens is 1. The molecule has 10 heteroatoms. The van der Waals surface area contributed by atoms with Crippen molar-refractivity contribution in [3.63, 3.8) is 0 Å². The van der Waals surface area contributed by atoms with Crippen LogP contribution in [-0.4, -0.2) is 31.0 Å². The molecule has 0 aromatic heterocycles. The summed E-state index contributed by atoms with van der Waals surface area (Å²) in [5.74, 6) is -0.855. The molecule has 0 bridgehead atoms. The fourth-order valence-electron chi connectivity index (χ4n) is 3.02. The molecule has 9 nitrogen and oxygen atoms in total. The second-order valence-corrected chi connectivity index (χ2v) is 7.78. The standard InChI is InChI=1S/C24H20BrN3O6/c1-33-21-12-16(20(28(31)32)14-22(21)34-2)11-19(27-23(29)15-7-4-3-5-8-15)24(30)26-18-10-6-9-17(25)13-18/h3-14H,1-2H3,(H,26,30)(H,27,29). The van der Waals surface area contributed by atoms with E-state index >= 15 is 0 Å². The van der Waals surface area contributed by atoms with Crippen LogP contribution in [0.1, 0.15) is 15.9 Å². The van der Waals surface area contributed by atoms with Crippen LogP contribution in [0.4, 0.5) is 11.4 Å². The zero-order valence-corrected chi connectivity index (χ0v) is 19.8. The van der Waals surface area contributed by atoms with Gasteiger partial charge in [-0.1, -0.05) is 40.2 Å². The first-order valence-corrected chi connectivity index (χ1v) is 10.7. The first-order chi connectivity index (χ1) is 16.3. The van der Waals surface area contributed by atoms with Crippen LogP contribution in [-0.2, 0) is 4.79 Å². The predicted molar refractivity (Wildman–Crippen MR) is 131 cm³/mol. The molecule has 3 rings (SSSR count). The third-order valence-electron chi connectivity index (χ3n) is 4.64. The van der Waals surface area contributed by atoms with E-state index < -0.39 is 16.7 Å². The summed E-state index contributed by atoms with van der Waals surface area (Å²) < 4.78 is 11.1. The van der Waals surface area contributed by atoms with Crippen molar-refractivity contribution in [3.05, 3.63) is 98.1 Å². The summed E-state index contributed by atoms with van der Waals surface area (Å²) in [6, 6.07) is 17.7. The Morgan fingerprint density at radius 3 is 2.26 bits per heavy atom. The van der Waals surface area contributed by atoms with Crippen LogP contribution in [0.3, 0.4) is 0 Å². The van der Waals surface area contributed by atoms with E-state index in [4.69, 9.17) is 9.47 Å². The molecule has 0 aliphatic heterocycles. The summed E-state index contributed by atoms with van der Waals surface area (Å²) in [4.78, 5) is 37.0. The maximum absolute atomic E-state index is 13.1. The van der Waals surface area contributed by atoms with E-state index in [2.05, 4.69) is 26.6 Å². The normalized spacial score (nSPS) is 10.9. The van der Waals surface area contributed by atoms with Gasteiger partial charge in [-0.25, -0.2) is 0 Å². The highest BCUT2D eigenvalue weighted by molar-refractivity contribution is 9.10. The Hall–Kier alpha value is -4.18. The highest BCUT2D eigenvalue weighted by Crippen LogP contribution is 2.35. The third kappa shape index (κ3) is 5.99. The Morgan fingerprint density at radius 2 is 1.65 bits per heavy atom. The summed E-state index contributed by atoms with van der Waals surface area (Å²) in [5.41, 5.74) is 0.269. The molecule has 0 atom stereocenters. The van der Waals surface area contributed by atoms with Crippen LogP contribution < -0.4 is 20.1 Å². The number of nitro groups is 1. The number of ether oxygens (including phenoxy) is 2. The number of nitrogens with zero attached hydrogens (tertiary/aromatic N) is 1. The highest BCUT2D eigenvalue weighted by atomic mass is 79.9. The Balaban J connectivity index is 2.07. The van der Waals surface area contributed by atoms with Gasteiger partial charge in [0.1, 0.15) is 5.70 Å². The van der Waals surface area contributed by atoms with E-state index in [0.29, 0.717) is 11.3 Å². The summed E-state index contributed by atoms with van der Waals surface area (Å²) in [6.07, 6.45) is 1.22. The van der Waals surface area contributed by atoms with Gasteiger partial charge in [0, 0.05) is 15.7 Å². The number of nitrogens with one attached hydrogen (secondary N) is 2. The maximum atomic E-state index is 13.1. The Labute approximate surface area is 203 Å². The largest absolute Gasteiger partial charge is 0.493 e. The summed E-state index contributed by atoms with van der Waals surface area (Å²) >= 11 is 3.33. The zero-order valence-electron chi connectivity index (χ0n) is 18.2. The first kappa shape index (κ1) is 24.5. The molecule has 2 N–H and O–H groups in total. The molecule has 0 unspecified atom stereocenters.